The van der Waals surface area contributed by atoms with Crippen LogP contribution < -0.4 is 5.32 Å². The maximum Gasteiger partial charge on any atom is 0.141 e. The molecule has 1 saturated heterocycles. The molecule has 1 aliphatic rings. The van der Waals surface area contributed by atoms with Crippen LogP contribution in [0.15, 0.2) is 18.2 Å². The second-order valence-corrected chi connectivity index (χ2v) is 7.01. The Morgan fingerprint density at radius 1 is 1.43 bits per heavy atom. The van der Waals surface area contributed by atoms with Crippen LogP contribution in [0.4, 0.5) is 4.39 Å². The van der Waals surface area contributed by atoms with Crippen LogP contribution in [0.3, 0.4) is 0 Å². The summed E-state index contributed by atoms with van der Waals surface area (Å²) in [5, 5.41) is 3.76. The first kappa shape index (κ1) is 16.7. The Kier molecular flexibility index (Phi) is 6.03. The van der Waals surface area contributed by atoms with Crippen LogP contribution in [-0.2, 0) is 11.2 Å². The Morgan fingerprint density at radius 3 is 2.86 bits per heavy atom. The zero-order valence-corrected chi connectivity index (χ0v) is 13.7. The highest BCUT2D eigenvalue weighted by molar-refractivity contribution is 6.30. The number of rotatable bonds is 6. The van der Waals surface area contributed by atoms with Crippen molar-refractivity contribution >= 4 is 11.6 Å². The second-order valence-electron chi connectivity index (χ2n) is 6.61. The normalized spacial score (nSPS) is 22.7. The third-order valence-corrected chi connectivity index (χ3v) is 4.31. The molecule has 0 radical (unpaired) electrons. The summed E-state index contributed by atoms with van der Waals surface area (Å²) in [4.78, 5) is 0. The summed E-state index contributed by atoms with van der Waals surface area (Å²) in [6.45, 7) is 7.95. The third-order valence-electron chi connectivity index (χ3n) is 4.02. The lowest BCUT2D eigenvalue weighted by molar-refractivity contribution is -0.00739. The SMILES string of the molecule is CC(C)CNCC1(Cc2ccc(F)c(Cl)c2)CCCOC1. The van der Waals surface area contributed by atoms with E-state index in [9.17, 15) is 4.39 Å². The first-order chi connectivity index (χ1) is 10.0. The first-order valence-electron chi connectivity index (χ1n) is 7.73. The molecule has 2 rings (SSSR count). The molecule has 1 heterocycles. The maximum absolute atomic E-state index is 13.3. The van der Waals surface area contributed by atoms with Crippen molar-refractivity contribution in [2.75, 3.05) is 26.3 Å². The van der Waals surface area contributed by atoms with Gasteiger partial charge in [-0.25, -0.2) is 4.39 Å². The number of benzene rings is 1. The van der Waals surface area contributed by atoms with Gasteiger partial charge in [-0.05, 0) is 49.4 Å². The standard InChI is InChI=1S/C17H25ClFNO/c1-13(2)10-20-11-17(6-3-7-21-12-17)9-14-4-5-16(19)15(18)8-14/h4-5,8,13,20H,3,6-7,9-12H2,1-2H3. The van der Waals surface area contributed by atoms with Crippen molar-refractivity contribution < 1.29 is 9.13 Å². The lowest BCUT2D eigenvalue weighted by Gasteiger charge is -2.38. The molecule has 4 heteroatoms. The molecule has 0 spiro atoms. The Labute approximate surface area is 132 Å². The quantitative estimate of drug-likeness (QED) is 0.855. The summed E-state index contributed by atoms with van der Waals surface area (Å²) in [5.74, 6) is 0.277. The van der Waals surface area contributed by atoms with E-state index in [1.54, 1.807) is 6.07 Å². The van der Waals surface area contributed by atoms with E-state index in [2.05, 4.69) is 19.2 Å². The van der Waals surface area contributed by atoms with Crippen LogP contribution >= 0.6 is 11.6 Å². The van der Waals surface area contributed by atoms with Gasteiger partial charge in [-0.3, -0.25) is 0 Å². The van der Waals surface area contributed by atoms with Gasteiger partial charge in [0.25, 0.3) is 0 Å². The molecule has 0 aromatic heterocycles. The van der Waals surface area contributed by atoms with Crippen molar-refractivity contribution in [1.29, 1.82) is 0 Å². The molecule has 118 valence electrons. The lowest BCUT2D eigenvalue weighted by Crippen LogP contribution is -2.43. The first-order valence-corrected chi connectivity index (χ1v) is 8.11. The zero-order chi connectivity index (χ0) is 15.3. The minimum Gasteiger partial charge on any atom is -0.381 e. The Bertz CT molecular complexity index is 458. The Balaban J connectivity index is 2.05. The lowest BCUT2D eigenvalue weighted by atomic mass is 9.77. The topological polar surface area (TPSA) is 21.3 Å². The average molecular weight is 314 g/mol. The molecule has 2 nitrogen and oxygen atoms in total. The van der Waals surface area contributed by atoms with Crippen LogP contribution in [0.1, 0.15) is 32.3 Å². The molecule has 1 aliphatic heterocycles. The van der Waals surface area contributed by atoms with E-state index in [1.807, 2.05) is 6.07 Å². The van der Waals surface area contributed by atoms with Crippen LogP contribution in [-0.4, -0.2) is 26.3 Å². The number of nitrogens with one attached hydrogen (secondary N) is 1. The minimum atomic E-state index is -0.354. The summed E-state index contributed by atoms with van der Waals surface area (Å²) in [7, 11) is 0. The summed E-state index contributed by atoms with van der Waals surface area (Å²) in [5.41, 5.74) is 1.17. The predicted molar refractivity (Wildman–Crippen MR) is 85.3 cm³/mol. The van der Waals surface area contributed by atoms with Crippen LogP contribution in [0.5, 0.6) is 0 Å². The number of hydrogen-bond donors (Lipinski definition) is 1. The van der Waals surface area contributed by atoms with Crippen molar-refractivity contribution in [2.24, 2.45) is 11.3 Å². The molecule has 1 aromatic rings. The van der Waals surface area contributed by atoms with E-state index >= 15 is 0 Å². The molecule has 0 aliphatic carbocycles. The van der Waals surface area contributed by atoms with E-state index in [0.29, 0.717) is 5.92 Å². The Hall–Kier alpha value is -0.640. The van der Waals surface area contributed by atoms with Gasteiger partial charge in [0, 0.05) is 18.6 Å². The molecular formula is C17H25ClFNO. The highest BCUT2D eigenvalue weighted by Crippen LogP contribution is 2.33. The van der Waals surface area contributed by atoms with Crippen LogP contribution in [0, 0.1) is 17.2 Å². The molecule has 0 saturated carbocycles. The van der Waals surface area contributed by atoms with Gasteiger partial charge in [0.1, 0.15) is 5.82 Å². The number of hydrogen-bond acceptors (Lipinski definition) is 2. The maximum atomic E-state index is 13.3. The van der Waals surface area contributed by atoms with Crippen molar-refractivity contribution in [2.45, 2.75) is 33.1 Å². The van der Waals surface area contributed by atoms with E-state index in [-0.39, 0.29) is 16.3 Å². The van der Waals surface area contributed by atoms with Gasteiger partial charge in [0.15, 0.2) is 0 Å². The summed E-state index contributed by atoms with van der Waals surface area (Å²) >= 11 is 5.90. The molecule has 0 bridgehead atoms. The molecule has 1 unspecified atom stereocenters. The largest absolute Gasteiger partial charge is 0.381 e. The van der Waals surface area contributed by atoms with Gasteiger partial charge in [-0.15, -0.1) is 0 Å². The summed E-state index contributed by atoms with van der Waals surface area (Å²) in [6.07, 6.45) is 3.09. The molecule has 0 amide bonds. The van der Waals surface area contributed by atoms with Crippen molar-refractivity contribution in [3.63, 3.8) is 0 Å². The monoisotopic (exact) mass is 313 g/mol. The van der Waals surface area contributed by atoms with Gasteiger partial charge in [0.05, 0.1) is 11.6 Å². The van der Waals surface area contributed by atoms with Gasteiger partial charge < -0.3 is 10.1 Å². The molecule has 21 heavy (non-hydrogen) atoms. The van der Waals surface area contributed by atoms with E-state index in [0.717, 1.165) is 51.1 Å². The smallest absolute Gasteiger partial charge is 0.141 e. The van der Waals surface area contributed by atoms with E-state index in [4.69, 9.17) is 16.3 Å². The predicted octanol–water partition coefficient (Wildman–Crippen LogP) is 4.06. The van der Waals surface area contributed by atoms with Crippen molar-refractivity contribution in [3.05, 3.63) is 34.6 Å². The second kappa shape index (κ2) is 7.57. The van der Waals surface area contributed by atoms with Gasteiger partial charge in [-0.1, -0.05) is 31.5 Å². The van der Waals surface area contributed by atoms with E-state index < -0.39 is 0 Å². The fraction of sp³-hybridized carbons (Fsp3) is 0.647. The molecule has 1 fully saturated rings. The molecular weight excluding hydrogens is 289 g/mol. The van der Waals surface area contributed by atoms with Crippen LogP contribution in [0.25, 0.3) is 0 Å². The molecule has 1 atom stereocenters. The van der Waals surface area contributed by atoms with Crippen LogP contribution in [0.2, 0.25) is 5.02 Å². The number of halogens is 2. The average Bonchev–Trinajstić information content (AvgIpc) is 2.43. The molecule has 1 aromatic carbocycles. The molecule has 1 N–H and O–H groups in total. The van der Waals surface area contributed by atoms with Crippen molar-refractivity contribution in [3.8, 4) is 0 Å². The fourth-order valence-electron chi connectivity index (χ4n) is 2.96. The van der Waals surface area contributed by atoms with E-state index in [1.165, 1.54) is 6.07 Å². The third kappa shape index (κ3) is 4.94. The van der Waals surface area contributed by atoms with Gasteiger partial charge in [-0.2, -0.15) is 0 Å². The fourth-order valence-corrected chi connectivity index (χ4v) is 3.16. The van der Waals surface area contributed by atoms with Gasteiger partial charge >= 0.3 is 0 Å². The highest BCUT2D eigenvalue weighted by Gasteiger charge is 2.33. The number of ether oxygens (including phenoxy) is 1. The zero-order valence-electron chi connectivity index (χ0n) is 12.9. The highest BCUT2D eigenvalue weighted by atomic mass is 35.5. The van der Waals surface area contributed by atoms with Gasteiger partial charge in [0.2, 0.25) is 0 Å². The summed E-state index contributed by atoms with van der Waals surface area (Å²) in [6, 6.07) is 5.03. The Morgan fingerprint density at radius 2 is 2.24 bits per heavy atom. The van der Waals surface area contributed by atoms with Crippen molar-refractivity contribution in [1.82, 2.24) is 5.32 Å². The summed E-state index contributed by atoms with van der Waals surface area (Å²) < 4.78 is 19.0. The minimum absolute atomic E-state index is 0.0916.